The molecular formula is C31H31N5O4. The molecule has 0 saturated carbocycles. The van der Waals surface area contributed by atoms with Gasteiger partial charge >= 0.3 is 6.03 Å². The summed E-state index contributed by atoms with van der Waals surface area (Å²) in [5, 5.41) is 6.94. The van der Waals surface area contributed by atoms with E-state index in [2.05, 4.69) is 15.6 Å². The number of nitrogens with one attached hydrogen (secondary N) is 3. The van der Waals surface area contributed by atoms with E-state index in [1.165, 1.54) is 0 Å². The molecule has 0 bridgehead atoms. The van der Waals surface area contributed by atoms with Gasteiger partial charge in [-0.1, -0.05) is 30.3 Å². The number of carbonyl (C=O) groups is 3. The Bertz CT molecular complexity index is 1570. The first-order chi connectivity index (χ1) is 19.5. The number of benzene rings is 3. The van der Waals surface area contributed by atoms with Crippen molar-refractivity contribution in [3.63, 3.8) is 0 Å². The Hall–Kier alpha value is -4.79. The van der Waals surface area contributed by atoms with Gasteiger partial charge in [-0.05, 0) is 60.9 Å². The lowest BCUT2D eigenvalue weighted by atomic mass is 9.96. The highest BCUT2D eigenvalue weighted by atomic mass is 16.5. The third kappa shape index (κ3) is 4.86. The van der Waals surface area contributed by atoms with E-state index < -0.39 is 12.1 Å². The molecule has 2 aliphatic heterocycles. The number of ether oxygens (including phenoxy) is 1. The summed E-state index contributed by atoms with van der Waals surface area (Å²) in [6.07, 6.45) is 2.30. The van der Waals surface area contributed by atoms with E-state index in [0.29, 0.717) is 42.2 Å². The zero-order valence-electron chi connectivity index (χ0n) is 22.3. The number of nitrogens with zero attached hydrogens (tertiary/aromatic N) is 2. The van der Waals surface area contributed by atoms with E-state index in [9.17, 15) is 14.4 Å². The van der Waals surface area contributed by atoms with Gasteiger partial charge < -0.3 is 30.2 Å². The number of rotatable bonds is 5. The van der Waals surface area contributed by atoms with Gasteiger partial charge in [-0.25, -0.2) is 4.79 Å². The van der Waals surface area contributed by atoms with Gasteiger partial charge in [0.05, 0.1) is 24.9 Å². The number of fused-ring (bicyclic) bond motifs is 3. The third-order valence-electron chi connectivity index (χ3n) is 7.72. The van der Waals surface area contributed by atoms with E-state index in [-0.39, 0.29) is 18.4 Å². The number of carbonyl (C=O) groups excluding carboxylic acids is 3. The fourth-order valence-electron chi connectivity index (χ4n) is 5.61. The predicted octanol–water partition coefficient (Wildman–Crippen LogP) is 5.01. The second-order valence-corrected chi connectivity index (χ2v) is 10.2. The van der Waals surface area contributed by atoms with Crippen LogP contribution in [0.25, 0.3) is 10.9 Å². The molecule has 9 heteroatoms. The van der Waals surface area contributed by atoms with Crippen LogP contribution in [-0.2, 0) is 17.8 Å². The van der Waals surface area contributed by atoms with Crippen LogP contribution in [0.2, 0.25) is 0 Å². The fourth-order valence-corrected chi connectivity index (χ4v) is 5.61. The Morgan fingerprint density at radius 2 is 1.62 bits per heavy atom. The highest BCUT2D eigenvalue weighted by Crippen LogP contribution is 2.32. The molecule has 9 nitrogen and oxygen atoms in total. The first-order valence-electron chi connectivity index (χ1n) is 13.5. The Morgan fingerprint density at radius 1 is 0.900 bits per heavy atom. The number of para-hydroxylation sites is 2. The minimum Gasteiger partial charge on any atom is -0.497 e. The summed E-state index contributed by atoms with van der Waals surface area (Å²) in [5.41, 5.74) is 4.38. The first-order valence-corrected chi connectivity index (χ1v) is 13.5. The van der Waals surface area contributed by atoms with Gasteiger partial charge in [0.2, 0.25) is 5.91 Å². The summed E-state index contributed by atoms with van der Waals surface area (Å²) in [6.45, 7) is 1.66. The summed E-state index contributed by atoms with van der Waals surface area (Å²) in [6, 6.07) is 20.9. The lowest BCUT2D eigenvalue weighted by Crippen LogP contribution is -2.52. The maximum atomic E-state index is 13.9. The summed E-state index contributed by atoms with van der Waals surface area (Å²) in [5.74, 6) is 0.241. The van der Waals surface area contributed by atoms with Crippen LogP contribution in [0.4, 0.5) is 16.2 Å². The van der Waals surface area contributed by atoms with Crippen LogP contribution in [0.15, 0.2) is 72.8 Å². The molecular weight excluding hydrogens is 506 g/mol. The number of H-pyrrole nitrogens is 1. The summed E-state index contributed by atoms with van der Waals surface area (Å²) in [4.78, 5) is 47.5. The number of methoxy groups -OCH3 is 1. The predicted molar refractivity (Wildman–Crippen MR) is 154 cm³/mol. The molecule has 4 aromatic rings. The molecule has 6 rings (SSSR count). The van der Waals surface area contributed by atoms with E-state index in [1.807, 2.05) is 29.2 Å². The highest BCUT2D eigenvalue weighted by molar-refractivity contribution is 6.06. The third-order valence-corrected chi connectivity index (χ3v) is 7.72. The maximum absolute atomic E-state index is 13.9. The lowest BCUT2D eigenvalue weighted by Gasteiger charge is -2.35. The maximum Gasteiger partial charge on any atom is 0.322 e. The average Bonchev–Trinajstić information content (AvgIpc) is 3.65. The minimum atomic E-state index is -0.792. The number of likely N-dealkylation sites (tertiary alicyclic amines) is 1. The quantitative estimate of drug-likeness (QED) is 0.333. The lowest BCUT2D eigenvalue weighted by molar-refractivity contribution is -0.120. The molecule has 2 aliphatic rings. The average molecular weight is 538 g/mol. The van der Waals surface area contributed by atoms with Crippen molar-refractivity contribution in [2.24, 2.45) is 0 Å². The number of amides is 4. The highest BCUT2D eigenvalue weighted by Gasteiger charge is 2.37. The molecule has 4 amide bonds. The van der Waals surface area contributed by atoms with Gasteiger partial charge in [-0.2, -0.15) is 0 Å². The van der Waals surface area contributed by atoms with Crippen LogP contribution in [0, 0.1) is 0 Å². The van der Waals surface area contributed by atoms with E-state index in [4.69, 9.17) is 4.74 Å². The molecule has 204 valence electrons. The van der Waals surface area contributed by atoms with Crippen molar-refractivity contribution in [3.8, 4) is 5.75 Å². The van der Waals surface area contributed by atoms with Gasteiger partial charge in [-0.3, -0.25) is 9.59 Å². The van der Waals surface area contributed by atoms with Crippen LogP contribution in [0.1, 0.15) is 34.5 Å². The molecule has 0 unspecified atom stereocenters. The van der Waals surface area contributed by atoms with Crippen molar-refractivity contribution in [2.45, 2.75) is 31.8 Å². The van der Waals surface area contributed by atoms with Crippen LogP contribution >= 0.6 is 0 Å². The van der Waals surface area contributed by atoms with Gasteiger partial charge in [0, 0.05) is 41.8 Å². The largest absolute Gasteiger partial charge is 0.497 e. The minimum absolute atomic E-state index is 0.0925. The number of urea groups is 1. The van der Waals surface area contributed by atoms with E-state index in [1.54, 1.807) is 60.5 Å². The first kappa shape index (κ1) is 25.5. The van der Waals surface area contributed by atoms with Crippen molar-refractivity contribution in [3.05, 3.63) is 89.6 Å². The molecule has 3 heterocycles. The summed E-state index contributed by atoms with van der Waals surface area (Å²) in [7, 11) is 1.58. The monoisotopic (exact) mass is 537 g/mol. The molecule has 1 fully saturated rings. The number of hydrogen-bond donors (Lipinski definition) is 3. The second-order valence-electron chi connectivity index (χ2n) is 10.2. The number of aromatic nitrogens is 1. The summed E-state index contributed by atoms with van der Waals surface area (Å²) < 4.78 is 5.22. The molecule has 1 atom stereocenters. The van der Waals surface area contributed by atoms with Crippen LogP contribution < -0.4 is 15.4 Å². The van der Waals surface area contributed by atoms with E-state index >= 15 is 0 Å². The topological polar surface area (TPSA) is 107 Å². The number of anilines is 2. The van der Waals surface area contributed by atoms with Gasteiger partial charge in [0.1, 0.15) is 11.8 Å². The molecule has 1 aromatic heterocycles. The zero-order valence-corrected chi connectivity index (χ0v) is 22.3. The molecule has 40 heavy (non-hydrogen) atoms. The van der Waals surface area contributed by atoms with Crippen LogP contribution in [0.5, 0.6) is 5.75 Å². The Balaban J connectivity index is 1.30. The molecule has 1 saturated heterocycles. The van der Waals surface area contributed by atoms with Crippen molar-refractivity contribution >= 4 is 40.1 Å². The van der Waals surface area contributed by atoms with E-state index in [0.717, 1.165) is 35.0 Å². The second kappa shape index (κ2) is 10.8. The standard InChI is InChI=1S/C31H31N5O4/c1-40-21-14-12-20(13-15-21)32-31(39)36-19-27-24(22-8-2-4-10-25(22)33-27)18-28(36)29(37)34-26-11-5-3-9-23(26)30(38)35-16-6-7-17-35/h2-5,8-15,28,33H,6-7,16-19H2,1H3,(H,32,39)(H,34,37)/t28-/m1/s1. The zero-order chi connectivity index (χ0) is 27.6. The van der Waals surface area contributed by atoms with Crippen molar-refractivity contribution in [1.29, 1.82) is 0 Å². The van der Waals surface area contributed by atoms with Crippen molar-refractivity contribution in [1.82, 2.24) is 14.8 Å². The Morgan fingerprint density at radius 3 is 2.40 bits per heavy atom. The van der Waals surface area contributed by atoms with Gasteiger partial charge in [-0.15, -0.1) is 0 Å². The number of aromatic amines is 1. The molecule has 3 N–H and O–H groups in total. The van der Waals surface area contributed by atoms with Crippen LogP contribution in [-0.4, -0.2) is 58.9 Å². The van der Waals surface area contributed by atoms with Crippen molar-refractivity contribution < 1.29 is 19.1 Å². The smallest absolute Gasteiger partial charge is 0.322 e. The molecule has 0 aliphatic carbocycles. The van der Waals surface area contributed by atoms with Gasteiger partial charge in [0.25, 0.3) is 5.91 Å². The molecule has 3 aromatic carbocycles. The Kier molecular flexibility index (Phi) is 6.86. The van der Waals surface area contributed by atoms with Crippen LogP contribution in [0.3, 0.4) is 0 Å². The number of hydrogen-bond acceptors (Lipinski definition) is 4. The van der Waals surface area contributed by atoms with Gasteiger partial charge in [0.15, 0.2) is 0 Å². The molecule has 0 spiro atoms. The Labute approximate surface area is 232 Å². The van der Waals surface area contributed by atoms with Crippen molar-refractivity contribution in [2.75, 3.05) is 30.8 Å². The summed E-state index contributed by atoms with van der Waals surface area (Å²) >= 11 is 0. The normalized spacial score (nSPS) is 16.5. The fraction of sp³-hybridized carbons (Fsp3) is 0.258. The molecule has 0 radical (unpaired) electrons. The SMILES string of the molecule is COc1ccc(NC(=O)N2Cc3[nH]c4ccccc4c3C[C@@H]2C(=O)Nc2ccccc2C(=O)N2CCCC2)cc1.